The van der Waals surface area contributed by atoms with Gasteiger partial charge in [-0.05, 0) is 18.6 Å². The second kappa shape index (κ2) is 4.98. The molecule has 1 aromatic rings. The fourth-order valence-corrected chi connectivity index (χ4v) is 1.40. The number of aliphatic hydroxyl groups excluding tert-OH is 1. The van der Waals surface area contributed by atoms with Gasteiger partial charge in [-0.25, -0.2) is 4.39 Å². The summed E-state index contributed by atoms with van der Waals surface area (Å²) in [7, 11) is 2.89. The molecule has 0 aromatic heterocycles. The minimum Gasteiger partial charge on any atom is -0.496 e. The zero-order chi connectivity index (χ0) is 11.4. The first kappa shape index (κ1) is 11.8. The molecule has 1 aromatic carbocycles. The van der Waals surface area contributed by atoms with Crippen molar-refractivity contribution in [3.05, 3.63) is 23.5 Å². The predicted molar refractivity (Wildman–Crippen MR) is 54.9 cm³/mol. The van der Waals surface area contributed by atoms with E-state index in [1.165, 1.54) is 26.4 Å². The highest BCUT2D eigenvalue weighted by molar-refractivity contribution is 5.42. The van der Waals surface area contributed by atoms with E-state index in [1.807, 2.05) is 0 Å². The lowest BCUT2D eigenvalue weighted by Crippen LogP contribution is -2.06. The Bertz CT molecular complexity index is 337. The van der Waals surface area contributed by atoms with Crippen LogP contribution in [-0.2, 0) is 6.42 Å². The van der Waals surface area contributed by atoms with Crippen LogP contribution in [0.4, 0.5) is 4.39 Å². The predicted octanol–water partition coefficient (Wildman–Crippen LogP) is 1.77. The Kier molecular flexibility index (Phi) is 3.91. The average Bonchev–Trinajstić information content (AvgIpc) is 2.17. The quantitative estimate of drug-likeness (QED) is 0.830. The summed E-state index contributed by atoms with van der Waals surface area (Å²) < 4.78 is 23.3. The first-order valence-electron chi connectivity index (χ1n) is 4.67. The second-order valence-electron chi connectivity index (χ2n) is 3.35. The summed E-state index contributed by atoms with van der Waals surface area (Å²) in [5.41, 5.74) is 0.630. The Hall–Kier alpha value is -1.29. The van der Waals surface area contributed by atoms with E-state index in [4.69, 9.17) is 9.47 Å². The minimum atomic E-state index is -0.535. The van der Waals surface area contributed by atoms with E-state index in [0.29, 0.717) is 17.7 Å². The minimum absolute atomic E-state index is 0.140. The molecule has 0 aliphatic heterocycles. The smallest absolute Gasteiger partial charge is 0.165 e. The van der Waals surface area contributed by atoms with Gasteiger partial charge < -0.3 is 14.6 Å². The molecule has 0 aliphatic carbocycles. The molecule has 1 unspecified atom stereocenters. The number of methoxy groups -OCH3 is 2. The summed E-state index contributed by atoms with van der Waals surface area (Å²) in [6, 6.07) is 2.80. The van der Waals surface area contributed by atoms with Crippen LogP contribution in [0.1, 0.15) is 12.5 Å². The summed E-state index contributed by atoms with van der Waals surface area (Å²) in [6.07, 6.45) is -0.184. The van der Waals surface area contributed by atoms with Crippen LogP contribution >= 0.6 is 0 Å². The van der Waals surface area contributed by atoms with Gasteiger partial charge in [0.15, 0.2) is 11.6 Å². The Balaban J connectivity index is 3.09. The van der Waals surface area contributed by atoms with Gasteiger partial charge in [0, 0.05) is 12.5 Å². The molecule has 1 rings (SSSR count). The van der Waals surface area contributed by atoms with Gasteiger partial charge in [-0.15, -0.1) is 0 Å². The van der Waals surface area contributed by atoms with E-state index in [0.717, 1.165) is 0 Å². The van der Waals surface area contributed by atoms with E-state index in [1.54, 1.807) is 6.92 Å². The summed E-state index contributed by atoms with van der Waals surface area (Å²) in [5.74, 6) is 0.212. The van der Waals surface area contributed by atoms with Crippen LogP contribution in [0.3, 0.4) is 0 Å². The van der Waals surface area contributed by atoms with E-state index in [2.05, 4.69) is 0 Å². The molecule has 0 aliphatic rings. The molecule has 0 heterocycles. The molecule has 1 N–H and O–H groups in total. The van der Waals surface area contributed by atoms with Gasteiger partial charge in [0.25, 0.3) is 0 Å². The number of hydrogen-bond acceptors (Lipinski definition) is 3. The van der Waals surface area contributed by atoms with Crippen molar-refractivity contribution in [3.8, 4) is 11.5 Å². The highest BCUT2D eigenvalue weighted by Crippen LogP contribution is 2.28. The van der Waals surface area contributed by atoms with Crippen molar-refractivity contribution in [1.29, 1.82) is 0 Å². The Morgan fingerprint density at radius 3 is 2.33 bits per heavy atom. The number of halogens is 1. The molecule has 0 saturated heterocycles. The lowest BCUT2D eigenvalue weighted by atomic mass is 10.1. The molecule has 0 radical (unpaired) electrons. The third-order valence-corrected chi connectivity index (χ3v) is 2.07. The lowest BCUT2D eigenvalue weighted by molar-refractivity contribution is 0.194. The average molecular weight is 214 g/mol. The van der Waals surface area contributed by atoms with Crippen LogP contribution in [0.15, 0.2) is 12.1 Å². The topological polar surface area (TPSA) is 38.7 Å². The molecule has 0 bridgehead atoms. The maximum atomic E-state index is 13.4. The van der Waals surface area contributed by atoms with Crippen molar-refractivity contribution in [3.63, 3.8) is 0 Å². The van der Waals surface area contributed by atoms with E-state index in [-0.39, 0.29) is 5.75 Å². The molecule has 0 spiro atoms. The zero-order valence-electron chi connectivity index (χ0n) is 9.08. The van der Waals surface area contributed by atoms with E-state index < -0.39 is 11.9 Å². The summed E-state index contributed by atoms with van der Waals surface area (Å²) in [5, 5.41) is 9.23. The van der Waals surface area contributed by atoms with Crippen LogP contribution in [0, 0.1) is 5.82 Å². The summed E-state index contributed by atoms with van der Waals surface area (Å²) in [6.45, 7) is 1.64. The molecular formula is C11H15FO3. The van der Waals surface area contributed by atoms with Gasteiger partial charge in [-0.3, -0.25) is 0 Å². The maximum absolute atomic E-state index is 13.4. The molecule has 15 heavy (non-hydrogen) atoms. The van der Waals surface area contributed by atoms with Gasteiger partial charge in [-0.2, -0.15) is 0 Å². The van der Waals surface area contributed by atoms with Crippen molar-refractivity contribution in [2.75, 3.05) is 14.2 Å². The summed E-state index contributed by atoms with van der Waals surface area (Å²) in [4.78, 5) is 0. The number of ether oxygens (including phenoxy) is 2. The highest BCUT2D eigenvalue weighted by Gasteiger charge is 2.12. The van der Waals surface area contributed by atoms with Crippen LogP contribution in [0.2, 0.25) is 0 Å². The molecule has 4 heteroatoms. The SMILES string of the molecule is COc1cc(OC)c(CC(C)O)cc1F. The zero-order valence-corrected chi connectivity index (χ0v) is 9.08. The maximum Gasteiger partial charge on any atom is 0.165 e. The number of aliphatic hydroxyl groups is 1. The third-order valence-electron chi connectivity index (χ3n) is 2.07. The molecule has 1 atom stereocenters. The van der Waals surface area contributed by atoms with Crippen LogP contribution in [0.5, 0.6) is 11.5 Å². The van der Waals surface area contributed by atoms with Crippen molar-refractivity contribution in [2.45, 2.75) is 19.4 Å². The van der Waals surface area contributed by atoms with Crippen molar-refractivity contribution in [2.24, 2.45) is 0 Å². The Labute approximate surface area is 88.4 Å². The molecule has 3 nitrogen and oxygen atoms in total. The van der Waals surface area contributed by atoms with E-state index in [9.17, 15) is 9.50 Å². The van der Waals surface area contributed by atoms with Gasteiger partial charge in [0.05, 0.1) is 20.3 Å². The van der Waals surface area contributed by atoms with Crippen LogP contribution < -0.4 is 9.47 Å². The van der Waals surface area contributed by atoms with Crippen molar-refractivity contribution >= 4 is 0 Å². The highest BCUT2D eigenvalue weighted by atomic mass is 19.1. The Morgan fingerprint density at radius 1 is 1.27 bits per heavy atom. The third kappa shape index (κ3) is 2.83. The Morgan fingerprint density at radius 2 is 1.87 bits per heavy atom. The fraction of sp³-hybridized carbons (Fsp3) is 0.455. The van der Waals surface area contributed by atoms with E-state index >= 15 is 0 Å². The fourth-order valence-electron chi connectivity index (χ4n) is 1.40. The van der Waals surface area contributed by atoms with Gasteiger partial charge in [0.1, 0.15) is 5.75 Å². The van der Waals surface area contributed by atoms with Crippen molar-refractivity contribution in [1.82, 2.24) is 0 Å². The number of rotatable bonds is 4. The van der Waals surface area contributed by atoms with Crippen molar-refractivity contribution < 1.29 is 19.0 Å². The lowest BCUT2D eigenvalue weighted by Gasteiger charge is -2.12. The molecule has 0 saturated carbocycles. The molecule has 84 valence electrons. The standard InChI is InChI=1S/C11H15FO3/c1-7(13)4-8-5-9(12)11(15-3)6-10(8)14-2/h5-7,13H,4H2,1-3H3. The largest absolute Gasteiger partial charge is 0.496 e. The first-order valence-corrected chi connectivity index (χ1v) is 4.67. The van der Waals surface area contributed by atoms with Gasteiger partial charge in [0.2, 0.25) is 0 Å². The normalized spacial score (nSPS) is 12.3. The van der Waals surface area contributed by atoms with Crippen LogP contribution in [-0.4, -0.2) is 25.4 Å². The second-order valence-corrected chi connectivity index (χ2v) is 3.35. The van der Waals surface area contributed by atoms with Gasteiger partial charge >= 0.3 is 0 Å². The molecule has 0 fully saturated rings. The molecular weight excluding hydrogens is 199 g/mol. The first-order chi connectivity index (χ1) is 7.08. The number of hydrogen-bond donors (Lipinski definition) is 1. The van der Waals surface area contributed by atoms with Gasteiger partial charge in [-0.1, -0.05) is 0 Å². The monoisotopic (exact) mass is 214 g/mol. The van der Waals surface area contributed by atoms with Crippen LogP contribution in [0.25, 0.3) is 0 Å². The summed E-state index contributed by atoms with van der Waals surface area (Å²) >= 11 is 0. The number of benzene rings is 1. The molecule has 0 amide bonds.